The van der Waals surface area contributed by atoms with E-state index in [0.717, 1.165) is 42.4 Å². The lowest BCUT2D eigenvalue weighted by Crippen LogP contribution is -2.44. The second-order valence-electron chi connectivity index (χ2n) is 5.98. The van der Waals surface area contributed by atoms with Gasteiger partial charge in [-0.15, -0.1) is 5.10 Å². The van der Waals surface area contributed by atoms with Gasteiger partial charge in [0.2, 0.25) is 0 Å². The predicted molar refractivity (Wildman–Crippen MR) is 92.5 cm³/mol. The monoisotopic (exact) mass is 342 g/mol. The van der Waals surface area contributed by atoms with E-state index in [-0.39, 0.29) is 11.9 Å². The van der Waals surface area contributed by atoms with Crippen molar-refractivity contribution in [3.8, 4) is 0 Å². The fraction of sp³-hybridized carbons (Fsp3) is 0.375. The third-order valence-electron chi connectivity index (χ3n) is 4.21. The topological polar surface area (TPSA) is 75.4 Å². The molecule has 0 atom stereocenters. The number of imidazole rings is 1. The lowest BCUT2D eigenvalue weighted by Gasteiger charge is -2.32. The molecular weight excluding hydrogens is 324 g/mol. The van der Waals surface area contributed by atoms with E-state index in [2.05, 4.69) is 25.4 Å². The van der Waals surface area contributed by atoms with Gasteiger partial charge < -0.3 is 10.2 Å². The quantitative estimate of drug-likeness (QED) is 0.787. The molecule has 1 aliphatic heterocycles. The van der Waals surface area contributed by atoms with Gasteiger partial charge in [0.25, 0.3) is 5.91 Å². The standard InChI is InChI=1S/C16H18N6OS/c1-11-9-22-10-13(24-16(22)18-11)15(23)19-12-4-7-21(8-5-12)14-3-2-6-17-20-14/h2-3,6,9-10,12H,4-5,7-8H2,1H3,(H,19,23). The Morgan fingerprint density at radius 2 is 2.17 bits per heavy atom. The summed E-state index contributed by atoms with van der Waals surface area (Å²) in [7, 11) is 0. The van der Waals surface area contributed by atoms with Crippen molar-refractivity contribution in [3.63, 3.8) is 0 Å². The Morgan fingerprint density at radius 3 is 2.88 bits per heavy atom. The van der Waals surface area contributed by atoms with Crippen LogP contribution in [0.4, 0.5) is 5.82 Å². The van der Waals surface area contributed by atoms with Crippen molar-refractivity contribution in [2.24, 2.45) is 0 Å². The van der Waals surface area contributed by atoms with E-state index in [0.29, 0.717) is 4.88 Å². The summed E-state index contributed by atoms with van der Waals surface area (Å²) in [6.45, 7) is 3.69. The maximum absolute atomic E-state index is 12.4. The van der Waals surface area contributed by atoms with Gasteiger partial charge in [-0.05, 0) is 31.9 Å². The lowest BCUT2D eigenvalue weighted by molar-refractivity contribution is 0.0935. The van der Waals surface area contributed by atoms with Crippen LogP contribution in [-0.2, 0) is 0 Å². The third kappa shape index (κ3) is 2.96. The molecule has 0 unspecified atom stereocenters. The second-order valence-corrected chi connectivity index (χ2v) is 6.99. The van der Waals surface area contributed by atoms with E-state index in [1.54, 1.807) is 6.20 Å². The van der Waals surface area contributed by atoms with Gasteiger partial charge in [0, 0.05) is 37.7 Å². The molecule has 3 aromatic heterocycles. The van der Waals surface area contributed by atoms with Crippen molar-refractivity contribution in [1.29, 1.82) is 0 Å². The van der Waals surface area contributed by atoms with Crippen LogP contribution >= 0.6 is 11.3 Å². The summed E-state index contributed by atoms with van der Waals surface area (Å²) in [5.41, 5.74) is 0.963. The normalized spacial score (nSPS) is 15.8. The maximum atomic E-state index is 12.4. The smallest absolute Gasteiger partial charge is 0.263 e. The first-order chi connectivity index (χ1) is 11.7. The van der Waals surface area contributed by atoms with Crippen LogP contribution in [0.15, 0.2) is 30.7 Å². The molecule has 0 aliphatic carbocycles. The van der Waals surface area contributed by atoms with Crippen LogP contribution in [0.3, 0.4) is 0 Å². The van der Waals surface area contributed by atoms with E-state index >= 15 is 0 Å². The number of nitrogens with one attached hydrogen (secondary N) is 1. The zero-order valence-corrected chi connectivity index (χ0v) is 14.2. The number of thiazole rings is 1. The molecule has 1 N–H and O–H groups in total. The summed E-state index contributed by atoms with van der Waals surface area (Å²) in [5, 5.41) is 11.2. The molecule has 7 nitrogen and oxygen atoms in total. The van der Waals surface area contributed by atoms with Gasteiger partial charge in [0.05, 0.1) is 5.69 Å². The van der Waals surface area contributed by atoms with Gasteiger partial charge in [0.1, 0.15) is 4.88 Å². The van der Waals surface area contributed by atoms with Crippen LogP contribution < -0.4 is 10.2 Å². The zero-order chi connectivity index (χ0) is 16.5. The molecule has 1 saturated heterocycles. The highest BCUT2D eigenvalue weighted by atomic mass is 32.1. The van der Waals surface area contributed by atoms with Crippen molar-refractivity contribution >= 4 is 28.0 Å². The number of nitrogens with zero attached hydrogens (tertiary/aromatic N) is 5. The minimum Gasteiger partial charge on any atom is -0.355 e. The Labute approximate surface area is 143 Å². The molecule has 0 radical (unpaired) electrons. The molecule has 0 spiro atoms. The number of anilines is 1. The Bertz CT molecular complexity index is 818. The fourth-order valence-electron chi connectivity index (χ4n) is 2.99. The summed E-state index contributed by atoms with van der Waals surface area (Å²) in [6.07, 6.45) is 7.27. The van der Waals surface area contributed by atoms with Crippen LogP contribution in [0, 0.1) is 6.92 Å². The SMILES string of the molecule is Cc1cn2cc(C(=O)NC3CCN(c4cccnn4)CC3)sc2n1. The van der Waals surface area contributed by atoms with Crippen LogP contribution in [0.2, 0.25) is 0 Å². The molecule has 8 heteroatoms. The Kier molecular flexibility index (Phi) is 3.89. The highest BCUT2D eigenvalue weighted by Crippen LogP contribution is 2.20. The fourth-order valence-corrected chi connectivity index (χ4v) is 3.90. The Balaban J connectivity index is 1.36. The number of carbonyl (C=O) groups is 1. The summed E-state index contributed by atoms with van der Waals surface area (Å²) in [4.78, 5) is 20.6. The van der Waals surface area contributed by atoms with Gasteiger partial charge in [-0.3, -0.25) is 9.20 Å². The number of hydrogen-bond acceptors (Lipinski definition) is 6. The highest BCUT2D eigenvalue weighted by Gasteiger charge is 2.23. The average molecular weight is 342 g/mol. The largest absolute Gasteiger partial charge is 0.355 e. The first-order valence-corrected chi connectivity index (χ1v) is 8.79. The van der Waals surface area contributed by atoms with Crippen molar-refractivity contribution < 1.29 is 4.79 Å². The number of fused-ring (bicyclic) bond motifs is 1. The molecule has 124 valence electrons. The van der Waals surface area contributed by atoms with Gasteiger partial charge in [-0.2, -0.15) is 5.10 Å². The van der Waals surface area contributed by atoms with Crippen LogP contribution in [0.1, 0.15) is 28.2 Å². The molecule has 4 heterocycles. The van der Waals surface area contributed by atoms with Gasteiger partial charge in [-0.25, -0.2) is 4.98 Å². The number of amides is 1. The van der Waals surface area contributed by atoms with Gasteiger partial charge >= 0.3 is 0 Å². The van der Waals surface area contributed by atoms with Crippen molar-refractivity contribution in [2.45, 2.75) is 25.8 Å². The number of hydrogen-bond donors (Lipinski definition) is 1. The number of carbonyl (C=O) groups excluding carboxylic acids is 1. The molecule has 4 rings (SSSR count). The molecule has 1 aliphatic rings. The Morgan fingerprint density at radius 1 is 1.33 bits per heavy atom. The van der Waals surface area contributed by atoms with E-state index < -0.39 is 0 Å². The minimum atomic E-state index is -0.0129. The minimum absolute atomic E-state index is 0.0129. The summed E-state index contributed by atoms with van der Waals surface area (Å²) >= 11 is 1.42. The van der Waals surface area contributed by atoms with Crippen LogP contribution in [0.25, 0.3) is 4.96 Å². The maximum Gasteiger partial charge on any atom is 0.263 e. The van der Waals surface area contributed by atoms with Crippen molar-refractivity contribution in [3.05, 3.63) is 41.3 Å². The lowest BCUT2D eigenvalue weighted by atomic mass is 10.0. The molecule has 0 aromatic carbocycles. The summed E-state index contributed by atoms with van der Waals surface area (Å²) < 4.78 is 1.91. The molecule has 1 amide bonds. The first kappa shape index (κ1) is 15.1. The summed E-state index contributed by atoms with van der Waals surface area (Å²) in [6, 6.07) is 4.06. The Hall–Kier alpha value is -2.48. The predicted octanol–water partition coefficient (Wildman–Crippen LogP) is 1.89. The van der Waals surface area contributed by atoms with E-state index in [1.807, 2.05) is 35.9 Å². The molecule has 0 bridgehead atoms. The van der Waals surface area contributed by atoms with E-state index in [4.69, 9.17) is 0 Å². The summed E-state index contributed by atoms with van der Waals surface area (Å²) in [5.74, 6) is 0.887. The second kappa shape index (κ2) is 6.20. The van der Waals surface area contributed by atoms with E-state index in [9.17, 15) is 4.79 Å². The van der Waals surface area contributed by atoms with Crippen LogP contribution in [0.5, 0.6) is 0 Å². The van der Waals surface area contributed by atoms with Crippen molar-refractivity contribution in [1.82, 2.24) is 24.9 Å². The first-order valence-electron chi connectivity index (χ1n) is 7.98. The van der Waals surface area contributed by atoms with E-state index in [1.165, 1.54) is 11.3 Å². The molecular formula is C16H18N6OS. The highest BCUT2D eigenvalue weighted by molar-refractivity contribution is 7.18. The number of piperidine rings is 1. The number of aryl methyl sites for hydroxylation is 1. The molecule has 3 aromatic rings. The third-order valence-corrected chi connectivity index (χ3v) is 5.21. The number of rotatable bonds is 3. The zero-order valence-electron chi connectivity index (χ0n) is 13.3. The average Bonchev–Trinajstić information content (AvgIpc) is 3.14. The van der Waals surface area contributed by atoms with Crippen molar-refractivity contribution in [2.75, 3.05) is 18.0 Å². The van der Waals surface area contributed by atoms with Gasteiger partial charge in [-0.1, -0.05) is 11.3 Å². The van der Waals surface area contributed by atoms with Gasteiger partial charge in [0.15, 0.2) is 10.8 Å². The number of aromatic nitrogens is 4. The molecule has 1 fully saturated rings. The molecule has 0 saturated carbocycles. The molecule has 24 heavy (non-hydrogen) atoms. The van der Waals surface area contributed by atoms with Crippen LogP contribution in [-0.4, -0.2) is 44.6 Å².